The first kappa shape index (κ1) is 18.1. The predicted molar refractivity (Wildman–Crippen MR) is 103 cm³/mol. The van der Waals surface area contributed by atoms with Crippen molar-refractivity contribution < 1.29 is 9.59 Å². The number of nitrogens with zero attached hydrogens (tertiary/aromatic N) is 4. The molecule has 2 amide bonds. The molecule has 0 unspecified atom stereocenters. The Balaban J connectivity index is 1.70. The molecular formula is C20H19N5O2. The number of carbonyl (C=O) groups excluding carboxylic acids is 2. The predicted octanol–water partition coefficient (Wildman–Crippen LogP) is 1.97. The van der Waals surface area contributed by atoms with E-state index in [2.05, 4.69) is 21.3 Å². The first-order valence-corrected chi connectivity index (χ1v) is 8.30. The molecule has 0 aliphatic carbocycles. The Hall–Kier alpha value is -3.66. The fourth-order valence-corrected chi connectivity index (χ4v) is 2.82. The number of benzene rings is 1. The quantitative estimate of drug-likeness (QED) is 0.721. The number of carbonyl (C=O) groups is 2. The summed E-state index contributed by atoms with van der Waals surface area (Å²) in [6.45, 7) is 1.77. The van der Waals surface area contributed by atoms with Gasteiger partial charge in [-0.15, -0.1) is 6.42 Å². The molecule has 27 heavy (non-hydrogen) atoms. The summed E-state index contributed by atoms with van der Waals surface area (Å²) in [6.07, 6.45) is 6.86. The van der Waals surface area contributed by atoms with Crippen LogP contribution in [-0.2, 0) is 11.8 Å². The van der Waals surface area contributed by atoms with Crippen LogP contribution in [0.1, 0.15) is 21.6 Å². The van der Waals surface area contributed by atoms with Gasteiger partial charge in [0.05, 0.1) is 17.8 Å². The molecule has 0 fully saturated rings. The standard InChI is InChI=1S/C20H19N5O2/c1-5-14-7-6-8-16(9-14)22-18(26)12-24(3)20(27)15-10-17-13(2)23-25(4)19(17)21-11-15/h1,6-11H,12H2,2-4H3,(H,22,26). The summed E-state index contributed by atoms with van der Waals surface area (Å²) in [4.78, 5) is 30.5. The Bertz CT molecular complexity index is 1080. The average molecular weight is 361 g/mol. The highest BCUT2D eigenvalue weighted by atomic mass is 16.2. The summed E-state index contributed by atoms with van der Waals surface area (Å²) < 4.78 is 1.67. The minimum atomic E-state index is -0.313. The topological polar surface area (TPSA) is 80.1 Å². The fourth-order valence-electron chi connectivity index (χ4n) is 2.82. The number of fused-ring (bicyclic) bond motifs is 1. The maximum absolute atomic E-state index is 12.6. The molecule has 0 atom stereocenters. The van der Waals surface area contributed by atoms with Crippen LogP contribution in [0.5, 0.6) is 0 Å². The Morgan fingerprint density at radius 1 is 1.33 bits per heavy atom. The van der Waals surface area contributed by atoms with Gasteiger partial charge < -0.3 is 10.2 Å². The maximum Gasteiger partial charge on any atom is 0.255 e. The van der Waals surface area contributed by atoms with Crippen molar-refractivity contribution in [1.29, 1.82) is 0 Å². The van der Waals surface area contributed by atoms with Crippen molar-refractivity contribution in [2.24, 2.45) is 7.05 Å². The normalized spacial score (nSPS) is 10.4. The largest absolute Gasteiger partial charge is 0.332 e. The van der Waals surface area contributed by atoms with Crippen molar-refractivity contribution in [3.8, 4) is 12.3 Å². The van der Waals surface area contributed by atoms with E-state index in [1.54, 1.807) is 49.1 Å². The molecule has 1 aromatic carbocycles. The summed E-state index contributed by atoms with van der Waals surface area (Å²) >= 11 is 0. The van der Waals surface area contributed by atoms with Gasteiger partial charge in [0.1, 0.15) is 0 Å². The lowest BCUT2D eigenvalue weighted by Gasteiger charge is -2.17. The molecule has 2 aromatic heterocycles. The number of nitrogens with one attached hydrogen (secondary N) is 1. The molecule has 7 nitrogen and oxygen atoms in total. The van der Waals surface area contributed by atoms with Crippen LogP contribution in [-0.4, -0.2) is 45.1 Å². The highest BCUT2D eigenvalue weighted by molar-refractivity contribution is 6.00. The summed E-state index contributed by atoms with van der Waals surface area (Å²) in [7, 11) is 3.37. The van der Waals surface area contributed by atoms with Crippen molar-refractivity contribution >= 4 is 28.5 Å². The van der Waals surface area contributed by atoms with Gasteiger partial charge in [-0.3, -0.25) is 14.3 Å². The Morgan fingerprint density at radius 2 is 2.11 bits per heavy atom. The third kappa shape index (κ3) is 3.80. The SMILES string of the molecule is C#Cc1cccc(NC(=O)CN(C)C(=O)c2cnc3c(c2)c(C)nn3C)c1. The van der Waals surface area contributed by atoms with Crippen LogP contribution in [0.15, 0.2) is 36.5 Å². The Morgan fingerprint density at radius 3 is 2.85 bits per heavy atom. The second-order valence-electron chi connectivity index (χ2n) is 6.24. The van der Waals surface area contributed by atoms with E-state index in [-0.39, 0.29) is 18.4 Å². The zero-order valence-electron chi connectivity index (χ0n) is 15.4. The van der Waals surface area contributed by atoms with Gasteiger partial charge in [-0.25, -0.2) is 4.98 Å². The second-order valence-corrected chi connectivity index (χ2v) is 6.24. The van der Waals surface area contributed by atoms with Gasteiger partial charge >= 0.3 is 0 Å². The van der Waals surface area contributed by atoms with Gasteiger partial charge in [-0.1, -0.05) is 12.0 Å². The number of anilines is 1. The van der Waals surface area contributed by atoms with E-state index in [4.69, 9.17) is 6.42 Å². The third-order valence-electron chi connectivity index (χ3n) is 4.15. The van der Waals surface area contributed by atoms with Crippen LogP contribution in [0.3, 0.4) is 0 Å². The van der Waals surface area contributed by atoms with Crippen LogP contribution in [0.25, 0.3) is 11.0 Å². The van der Waals surface area contributed by atoms with Crippen molar-refractivity contribution in [1.82, 2.24) is 19.7 Å². The molecule has 3 aromatic rings. The Labute approximate surface area is 157 Å². The number of hydrogen-bond donors (Lipinski definition) is 1. The van der Waals surface area contributed by atoms with E-state index in [1.807, 2.05) is 6.92 Å². The Kier molecular flexibility index (Phi) is 4.90. The molecule has 0 bridgehead atoms. The molecule has 0 radical (unpaired) electrons. The summed E-state index contributed by atoms with van der Waals surface area (Å²) in [5.41, 5.74) is 3.17. The molecule has 136 valence electrons. The van der Waals surface area contributed by atoms with E-state index in [9.17, 15) is 9.59 Å². The fraction of sp³-hybridized carbons (Fsp3) is 0.200. The molecule has 2 heterocycles. The van der Waals surface area contributed by atoms with Crippen molar-refractivity contribution in [2.75, 3.05) is 18.9 Å². The number of likely N-dealkylation sites (N-methyl/N-ethyl adjacent to an activating group) is 1. The van der Waals surface area contributed by atoms with Crippen LogP contribution >= 0.6 is 0 Å². The highest BCUT2D eigenvalue weighted by Gasteiger charge is 2.17. The summed E-state index contributed by atoms with van der Waals surface area (Å²) in [6, 6.07) is 8.72. The second kappa shape index (κ2) is 7.30. The number of amides is 2. The molecule has 3 rings (SSSR count). The number of aryl methyl sites for hydroxylation is 2. The number of pyridine rings is 1. The number of terminal acetylenes is 1. The smallest absolute Gasteiger partial charge is 0.255 e. The molecule has 0 aliphatic heterocycles. The van der Waals surface area contributed by atoms with Gasteiger partial charge in [0.15, 0.2) is 5.65 Å². The van der Waals surface area contributed by atoms with E-state index in [1.165, 1.54) is 11.1 Å². The van der Waals surface area contributed by atoms with Crippen LogP contribution < -0.4 is 5.32 Å². The minimum Gasteiger partial charge on any atom is -0.332 e. The minimum absolute atomic E-state index is 0.0941. The molecule has 1 N–H and O–H groups in total. The van der Waals surface area contributed by atoms with E-state index < -0.39 is 0 Å². The van der Waals surface area contributed by atoms with Gasteiger partial charge in [0.2, 0.25) is 5.91 Å². The van der Waals surface area contributed by atoms with Gasteiger partial charge in [-0.05, 0) is 31.2 Å². The monoisotopic (exact) mass is 361 g/mol. The van der Waals surface area contributed by atoms with E-state index >= 15 is 0 Å². The third-order valence-corrected chi connectivity index (χ3v) is 4.15. The zero-order valence-corrected chi connectivity index (χ0v) is 15.4. The number of hydrogen-bond acceptors (Lipinski definition) is 4. The molecule has 0 spiro atoms. The van der Waals surface area contributed by atoms with E-state index in [0.717, 1.165) is 11.1 Å². The summed E-state index contributed by atoms with van der Waals surface area (Å²) in [5, 5.41) is 7.85. The van der Waals surface area contributed by atoms with Crippen LogP contribution in [0.4, 0.5) is 5.69 Å². The van der Waals surface area contributed by atoms with Crippen molar-refractivity contribution in [2.45, 2.75) is 6.92 Å². The van der Waals surface area contributed by atoms with Gasteiger partial charge in [-0.2, -0.15) is 5.10 Å². The highest BCUT2D eigenvalue weighted by Crippen LogP contribution is 2.17. The van der Waals surface area contributed by atoms with Gasteiger partial charge in [0, 0.05) is 36.9 Å². The average Bonchev–Trinajstić information content (AvgIpc) is 2.94. The lowest BCUT2D eigenvalue weighted by molar-refractivity contribution is -0.116. The number of aromatic nitrogens is 3. The first-order valence-electron chi connectivity index (χ1n) is 8.30. The lowest BCUT2D eigenvalue weighted by Crippen LogP contribution is -2.35. The molecular weight excluding hydrogens is 342 g/mol. The van der Waals surface area contributed by atoms with Crippen LogP contribution in [0, 0.1) is 19.3 Å². The number of rotatable bonds is 4. The zero-order chi connectivity index (χ0) is 19.6. The first-order chi connectivity index (χ1) is 12.9. The molecule has 7 heteroatoms. The summed E-state index contributed by atoms with van der Waals surface area (Å²) in [5.74, 6) is 1.91. The van der Waals surface area contributed by atoms with Crippen molar-refractivity contribution in [3.05, 3.63) is 53.3 Å². The van der Waals surface area contributed by atoms with Crippen LogP contribution in [0.2, 0.25) is 0 Å². The van der Waals surface area contributed by atoms with E-state index in [0.29, 0.717) is 22.5 Å². The van der Waals surface area contributed by atoms with Crippen molar-refractivity contribution in [3.63, 3.8) is 0 Å². The molecule has 0 aliphatic rings. The lowest BCUT2D eigenvalue weighted by atomic mass is 10.2. The maximum atomic E-state index is 12.6. The molecule has 0 saturated carbocycles. The molecule has 0 saturated heterocycles. The van der Waals surface area contributed by atoms with Gasteiger partial charge in [0.25, 0.3) is 5.91 Å².